The summed E-state index contributed by atoms with van der Waals surface area (Å²) in [6.45, 7) is 2.90. The fourth-order valence-electron chi connectivity index (χ4n) is 1.56. The molecule has 2 rings (SSSR count). The molecule has 1 aliphatic heterocycles. The molecule has 1 unspecified atom stereocenters. The van der Waals surface area contributed by atoms with Gasteiger partial charge < -0.3 is 4.84 Å². The van der Waals surface area contributed by atoms with Crippen LogP contribution in [0.3, 0.4) is 0 Å². The van der Waals surface area contributed by atoms with E-state index in [1.165, 1.54) is 5.56 Å². The van der Waals surface area contributed by atoms with E-state index in [9.17, 15) is 0 Å². The number of hydrogen-bond acceptors (Lipinski definition) is 2. The molecule has 13 heavy (non-hydrogen) atoms. The number of rotatable bonds is 2. The zero-order chi connectivity index (χ0) is 9.10. The zero-order valence-electron chi connectivity index (χ0n) is 7.73. The number of nitrogens with zero attached hydrogens (tertiary/aromatic N) is 1. The zero-order valence-corrected chi connectivity index (χ0v) is 7.73. The van der Waals surface area contributed by atoms with Crippen LogP contribution in [0.5, 0.6) is 0 Å². The van der Waals surface area contributed by atoms with Crippen molar-refractivity contribution < 1.29 is 4.84 Å². The normalized spacial score (nSPS) is 21.0. The van der Waals surface area contributed by atoms with Crippen molar-refractivity contribution in [3.8, 4) is 0 Å². The molecule has 0 fully saturated rings. The summed E-state index contributed by atoms with van der Waals surface area (Å²) in [6.07, 6.45) is 1.09. The maximum atomic E-state index is 5.10. The van der Waals surface area contributed by atoms with Crippen molar-refractivity contribution in [2.45, 2.75) is 13.3 Å². The van der Waals surface area contributed by atoms with Gasteiger partial charge in [0.05, 0.1) is 5.71 Å². The quantitative estimate of drug-likeness (QED) is 0.676. The van der Waals surface area contributed by atoms with E-state index in [2.05, 4.69) is 24.2 Å². The highest BCUT2D eigenvalue weighted by Crippen LogP contribution is 2.19. The third kappa shape index (κ3) is 1.57. The van der Waals surface area contributed by atoms with Crippen molar-refractivity contribution in [3.63, 3.8) is 0 Å². The van der Waals surface area contributed by atoms with Crippen molar-refractivity contribution in [3.05, 3.63) is 35.9 Å². The molecular formula is C11H13NO. The minimum atomic E-state index is 0.474. The van der Waals surface area contributed by atoms with Crippen molar-refractivity contribution in [1.29, 1.82) is 0 Å². The SMILES string of the molecule is CCC1CON=C1c1ccccc1. The predicted molar refractivity (Wildman–Crippen MR) is 52.7 cm³/mol. The number of hydrogen-bond donors (Lipinski definition) is 0. The first-order chi connectivity index (χ1) is 6.42. The number of oxime groups is 1. The number of benzene rings is 1. The second-order valence-electron chi connectivity index (χ2n) is 3.24. The average Bonchev–Trinajstić information content (AvgIpc) is 2.67. The molecular weight excluding hydrogens is 162 g/mol. The van der Waals surface area contributed by atoms with Crippen LogP contribution in [-0.2, 0) is 4.84 Å². The molecule has 0 bridgehead atoms. The predicted octanol–water partition coefficient (Wildman–Crippen LogP) is 2.45. The molecule has 1 aromatic rings. The summed E-state index contributed by atoms with van der Waals surface area (Å²) in [5.74, 6) is 0.474. The molecule has 2 nitrogen and oxygen atoms in total. The molecule has 0 aromatic heterocycles. The fourth-order valence-corrected chi connectivity index (χ4v) is 1.56. The summed E-state index contributed by atoms with van der Waals surface area (Å²) >= 11 is 0. The van der Waals surface area contributed by atoms with Crippen LogP contribution < -0.4 is 0 Å². The lowest BCUT2D eigenvalue weighted by atomic mass is 9.96. The maximum Gasteiger partial charge on any atom is 0.125 e. The lowest BCUT2D eigenvalue weighted by molar-refractivity contribution is 0.154. The Bertz CT molecular complexity index is 305. The molecule has 68 valence electrons. The lowest BCUT2D eigenvalue weighted by Crippen LogP contribution is -2.12. The van der Waals surface area contributed by atoms with E-state index < -0.39 is 0 Å². The third-order valence-corrected chi connectivity index (χ3v) is 2.39. The molecule has 1 heterocycles. The minimum absolute atomic E-state index is 0.474. The van der Waals surface area contributed by atoms with Gasteiger partial charge in [-0.3, -0.25) is 0 Å². The Morgan fingerprint density at radius 3 is 2.85 bits per heavy atom. The molecule has 0 aliphatic carbocycles. The van der Waals surface area contributed by atoms with E-state index in [1.807, 2.05) is 18.2 Å². The van der Waals surface area contributed by atoms with Crippen molar-refractivity contribution in [1.82, 2.24) is 0 Å². The molecule has 1 atom stereocenters. The molecule has 2 heteroatoms. The Morgan fingerprint density at radius 1 is 1.38 bits per heavy atom. The van der Waals surface area contributed by atoms with Crippen LogP contribution >= 0.6 is 0 Å². The smallest absolute Gasteiger partial charge is 0.125 e. The first-order valence-corrected chi connectivity index (χ1v) is 4.67. The maximum absolute atomic E-state index is 5.10. The highest BCUT2D eigenvalue weighted by atomic mass is 16.6. The Labute approximate surface area is 78.2 Å². The molecule has 0 N–H and O–H groups in total. The third-order valence-electron chi connectivity index (χ3n) is 2.39. The van der Waals surface area contributed by atoms with Crippen molar-refractivity contribution in [2.24, 2.45) is 11.1 Å². The van der Waals surface area contributed by atoms with Crippen molar-refractivity contribution >= 4 is 5.71 Å². The van der Waals surface area contributed by atoms with Crippen LogP contribution in [0.2, 0.25) is 0 Å². The minimum Gasteiger partial charge on any atom is -0.395 e. The summed E-state index contributed by atoms with van der Waals surface area (Å²) in [6, 6.07) is 10.2. The summed E-state index contributed by atoms with van der Waals surface area (Å²) in [5.41, 5.74) is 2.29. The van der Waals surface area contributed by atoms with E-state index in [0.717, 1.165) is 18.7 Å². The van der Waals surface area contributed by atoms with Crippen LogP contribution in [0, 0.1) is 5.92 Å². The monoisotopic (exact) mass is 175 g/mol. The molecule has 0 radical (unpaired) electrons. The Balaban J connectivity index is 2.26. The van der Waals surface area contributed by atoms with Gasteiger partial charge in [-0.25, -0.2) is 0 Å². The Morgan fingerprint density at radius 2 is 2.15 bits per heavy atom. The van der Waals surface area contributed by atoms with E-state index >= 15 is 0 Å². The van der Waals surface area contributed by atoms with Gasteiger partial charge in [0.15, 0.2) is 0 Å². The molecule has 0 amide bonds. The Hall–Kier alpha value is -1.31. The standard InChI is InChI=1S/C11H13NO/c1-2-9-8-13-12-11(9)10-6-4-3-5-7-10/h3-7,9H,2,8H2,1H3. The van der Waals surface area contributed by atoms with Gasteiger partial charge in [-0.05, 0) is 12.0 Å². The summed E-state index contributed by atoms with van der Waals surface area (Å²) in [4.78, 5) is 5.10. The average molecular weight is 175 g/mol. The fraction of sp³-hybridized carbons (Fsp3) is 0.364. The van der Waals surface area contributed by atoms with Crippen LogP contribution in [0.4, 0.5) is 0 Å². The first-order valence-electron chi connectivity index (χ1n) is 4.67. The van der Waals surface area contributed by atoms with Gasteiger partial charge in [-0.15, -0.1) is 0 Å². The highest BCUT2D eigenvalue weighted by Gasteiger charge is 2.22. The van der Waals surface area contributed by atoms with Gasteiger partial charge in [0.2, 0.25) is 0 Å². The van der Waals surface area contributed by atoms with Gasteiger partial charge in [-0.1, -0.05) is 42.4 Å². The molecule has 0 saturated carbocycles. The summed E-state index contributed by atoms with van der Waals surface area (Å²) in [7, 11) is 0. The second-order valence-corrected chi connectivity index (χ2v) is 3.24. The molecule has 0 spiro atoms. The van der Waals surface area contributed by atoms with Gasteiger partial charge in [0.25, 0.3) is 0 Å². The van der Waals surface area contributed by atoms with Crippen LogP contribution in [-0.4, -0.2) is 12.3 Å². The van der Waals surface area contributed by atoms with Crippen molar-refractivity contribution in [2.75, 3.05) is 6.61 Å². The second kappa shape index (κ2) is 3.60. The van der Waals surface area contributed by atoms with Gasteiger partial charge in [-0.2, -0.15) is 0 Å². The van der Waals surface area contributed by atoms with E-state index in [1.54, 1.807) is 0 Å². The summed E-state index contributed by atoms with van der Waals surface area (Å²) < 4.78 is 0. The van der Waals surface area contributed by atoms with E-state index in [-0.39, 0.29) is 0 Å². The molecule has 0 saturated heterocycles. The first kappa shape index (κ1) is 8.30. The largest absolute Gasteiger partial charge is 0.395 e. The van der Waals surface area contributed by atoms with Gasteiger partial charge >= 0.3 is 0 Å². The van der Waals surface area contributed by atoms with Crippen LogP contribution in [0.15, 0.2) is 35.5 Å². The van der Waals surface area contributed by atoms with E-state index in [4.69, 9.17) is 4.84 Å². The van der Waals surface area contributed by atoms with Gasteiger partial charge in [0.1, 0.15) is 6.61 Å². The Kier molecular flexibility index (Phi) is 2.30. The molecule has 1 aliphatic rings. The topological polar surface area (TPSA) is 21.6 Å². The lowest BCUT2D eigenvalue weighted by Gasteiger charge is -2.06. The summed E-state index contributed by atoms with van der Waals surface area (Å²) in [5, 5.41) is 4.07. The highest BCUT2D eigenvalue weighted by molar-refractivity contribution is 6.02. The van der Waals surface area contributed by atoms with Crippen LogP contribution in [0.1, 0.15) is 18.9 Å². The van der Waals surface area contributed by atoms with Crippen LogP contribution in [0.25, 0.3) is 0 Å². The van der Waals surface area contributed by atoms with E-state index in [0.29, 0.717) is 5.92 Å². The molecule has 1 aromatic carbocycles. The van der Waals surface area contributed by atoms with Gasteiger partial charge in [0, 0.05) is 5.92 Å².